The minimum Gasteiger partial charge on any atom is -0.394 e. The van der Waals surface area contributed by atoms with E-state index in [9.17, 15) is 15.0 Å². The Balaban J connectivity index is 3.69. The van der Waals surface area contributed by atoms with Gasteiger partial charge in [0.25, 0.3) is 0 Å². The van der Waals surface area contributed by atoms with Gasteiger partial charge in [-0.15, -0.1) is 0 Å². The lowest BCUT2D eigenvalue weighted by molar-refractivity contribution is -0.123. The first kappa shape index (κ1) is 46.3. The molecule has 49 heavy (non-hydrogen) atoms. The third-order valence-electron chi connectivity index (χ3n) is 8.36. The summed E-state index contributed by atoms with van der Waals surface area (Å²) in [5, 5.41) is 22.9. The predicted octanol–water partition coefficient (Wildman–Crippen LogP) is 12.3. The maximum absolute atomic E-state index is 12.3. The predicted molar refractivity (Wildman–Crippen MR) is 216 cm³/mol. The van der Waals surface area contributed by atoms with E-state index in [0.29, 0.717) is 12.8 Å². The van der Waals surface area contributed by atoms with Gasteiger partial charge in [-0.25, -0.2) is 0 Å². The number of carbonyl (C=O) groups is 1. The van der Waals surface area contributed by atoms with Crippen molar-refractivity contribution < 1.29 is 15.0 Å². The van der Waals surface area contributed by atoms with Crippen LogP contribution in [0.2, 0.25) is 0 Å². The van der Waals surface area contributed by atoms with E-state index in [2.05, 4.69) is 116 Å². The highest BCUT2D eigenvalue weighted by Gasteiger charge is 2.19. The Bertz CT molecular complexity index is 952. The lowest BCUT2D eigenvalue weighted by atomic mass is 10.0. The Hall–Kier alpha value is -2.69. The average molecular weight is 678 g/mol. The van der Waals surface area contributed by atoms with Gasteiger partial charge < -0.3 is 15.5 Å². The van der Waals surface area contributed by atoms with Crippen molar-refractivity contribution >= 4 is 5.91 Å². The first-order valence-corrected chi connectivity index (χ1v) is 19.9. The summed E-state index contributed by atoms with van der Waals surface area (Å²) in [6.45, 7) is 4.18. The summed E-state index contributed by atoms with van der Waals surface area (Å²) in [5.41, 5.74) is 0. The number of nitrogens with one attached hydrogen (secondary N) is 1. The SMILES string of the molecule is CC/C=C\C/C=C\C/C=C\C/C=C\C/C=C\C/C=C\C/C=C\C/C=C\CCCCCCC(=O)NC(CO)C(O)CCCCCCCCCC. The van der Waals surface area contributed by atoms with Crippen molar-refractivity contribution in [2.75, 3.05) is 6.61 Å². The Kier molecular flexibility index (Phi) is 37.6. The van der Waals surface area contributed by atoms with Crippen molar-refractivity contribution in [3.8, 4) is 0 Å². The van der Waals surface area contributed by atoms with E-state index in [1.54, 1.807) is 0 Å². The van der Waals surface area contributed by atoms with Crippen molar-refractivity contribution in [3.05, 3.63) is 97.2 Å². The van der Waals surface area contributed by atoms with E-state index in [0.717, 1.165) is 96.3 Å². The number of unbranched alkanes of at least 4 members (excludes halogenated alkanes) is 11. The molecule has 278 valence electrons. The molecular weight excluding hydrogens is 602 g/mol. The van der Waals surface area contributed by atoms with Gasteiger partial charge in [0.15, 0.2) is 0 Å². The van der Waals surface area contributed by atoms with E-state index < -0.39 is 12.1 Å². The molecular formula is C45H75NO3. The monoisotopic (exact) mass is 678 g/mol. The van der Waals surface area contributed by atoms with Crippen LogP contribution in [0.3, 0.4) is 0 Å². The molecule has 0 aromatic rings. The largest absolute Gasteiger partial charge is 0.394 e. The zero-order valence-corrected chi connectivity index (χ0v) is 31.7. The summed E-state index contributed by atoms with van der Waals surface area (Å²) in [7, 11) is 0. The molecule has 0 saturated heterocycles. The minimum atomic E-state index is -0.674. The molecule has 4 nitrogen and oxygen atoms in total. The fourth-order valence-corrected chi connectivity index (χ4v) is 5.31. The van der Waals surface area contributed by atoms with Crippen molar-refractivity contribution in [3.63, 3.8) is 0 Å². The highest BCUT2D eigenvalue weighted by atomic mass is 16.3. The molecule has 0 aliphatic rings. The highest BCUT2D eigenvalue weighted by Crippen LogP contribution is 2.13. The molecule has 0 spiro atoms. The van der Waals surface area contributed by atoms with Crippen LogP contribution < -0.4 is 5.32 Å². The number of amides is 1. The van der Waals surface area contributed by atoms with E-state index >= 15 is 0 Å². The highest BCUT2D eigenvalue weighted by molar-refractivity contribution is 5.76. The molecule has 0 saturated carbocycles. The van der Waals surface area contributed by atoms with Crippen LogP contribution in [0.15, 0.2) is 97.2 Å². The van der Waals surface area contributed by atoms with Gasteiger partial charge in [0.05, 0.1) is 18.8 Å². The van der Waals surface area contributed by atoms with Crippen molar-refractivity contribution in [1.29, 1.82) is 0 Å². The zero-order valence-electron chi connectivity index (χ0n) is 31.7. The van der Waals surface area contributed by atoms with E-state index in [1.807, 2.05) is 0 Å². The van der Waals surface area contributed by atoms with Crippen LogP contribution in [0, 0.1) is 0 Å². The first-order chi connectivity index (χ1) is 24.2. The van der Waals surface area contributed by atoms with Crippen LogP contribution >= 0.6 is 0 Å². The third-order valence-corrected chi connectivity index (χ3v) is 8.36. The van der Waals surface area contributed by atoms with Crippen LogP contribution in [0.5, 0.6) is 0 Å². The molecule has 4 heteroatoms. The molecule has 1 amide bonds. The molecule has 0 rings (SSSR count). The quantitative estimate of drug-likeness (QED) is 0.0469. The summed E-state index contributed by atoms with van der Waals surface area (Å²) in [6.07, 6.45) is 59.1. The fraction of sp³-hybridized carbons (Fsp3) is 0.622. The van der Waals surface area contributed by atoms with Gasteiger partial charge in [-0.3, -0.25) is 4.79 Å². The Morgan fingerprint density at radius 2 is 0.898 bits per heavy atom. The van der Waals surface area contributed by atoms with Gasteiger partial charge in [-0.1, -0.05) is 175 Å². The smallest absolute Gasteiger partial charge is 0.220 e. The molecule has 0 aliphatic heterocycles. The molecule has 0 bridgehead atoms. The van der Waals surface area contributed by atoms with Gasteiger partial charge in [0.1, 0.15) is 0 Å². The summed E-state index contributed by atoms with van der Waals surface area (Å²) < 4.78 is 0. The summed E-state index contributed by atoms with van der Waals surface area (Å²) in [6, 6.07) is -0.554. The molecule has 2 unspecified atom stereocenters. The molecule has 0 aliphatic carbocycles. The molecule has 0 aromatic carbocycles. The number of carbonyl (C=O) groups excluding carboxylic acids is 1. The number of allylic oxidation sites excluding steroid dienone is 16. The summed E-state index contributed by atoms with van der Waals surface area (Å²) in [4.78, 5) is 12.3. The number of hydrogen-bond donors (Lipinski definition) is 3. The van der Waals surface area contributed by atoms with Crippen LogP contribution in [-0.2, 0) is 4.79 Å². The van der Waals surface area contributed by atoms with Gasteiger partial charge >= 0.3 is 0 Å². The van der Waals surface area contributed by atoms with Crippen LogP contribution in [0.4, 0.5) is 0 Å². The Labute approximate surface area is 303 Å². The van der Waals surface area contributed by atoms with Crippen molar-refractivity contribution in [2.24, 2.45) is 0 Å². The van der Waals surface area contributed by atoms with Gasteiger partial charge in [0, 0.05) is 6.42 Å². The second-order valence-electron chi connectivity index (χ2n) is 13.0. The molecule has 2 atom stereocenters. The standard InChI is InChI=1S/C45H75NO3/c1-3-5-7-9-11-13-14-15-16-17-18-19-20-21-22-23-24-25-26-27-28-29-30-31-32-33-35-37-39-41-45(49)46-43(42-47)44(48)40-38-36-34-12-10-8-6-4-2/h5,7,11,13,15-16,18-19,21-22,24-25,27-28,30-31,43-44,47-48H,3-4,6,8-10,12,14,17,20,23,26,29,32-42H2,1-2H3,(H,46,49)/b7-5-,13-11-,16-15-,19-18-,22-21-,25-24-,28-27-,31-30-. The second-order valence-corrected chi connectivity index (χ2v) is 13.0. The Morgan fingerprint density at radius 3 is 1.35 bits per heavy atom. The summed E-state index contributed by atoms with van der Waals surface area (Å²) in [5.74, 6) is -0.0651. The zero-order chi connectivity index (χ0) is 35.7. The van der Waals surface area contributed by atoms with Gasteiger partial charge in [0.2, 0.25) is 5.91 Å². The number of aliphatic hydroxyl groups excluding tert-OH is 2. The summed E-state index contributed by atoms with van der Waals surface area (Å²) >= 11 is 0. The van der Waals surface area contributed by atoms with Crippen molar-refractivity contribution in [1.82, 2.24) is 5.32 Å². The number of rotatable bonds is 34. The third kappa shape index (κ3) is 36.4. The fourth-order valence-electron chi connectivity index (χ4n) is 5.31. The second kappa shape index (κ2) is 39.7. The van der Waals surface area contributed by atoms with Crippen LogP contribution in [0.1, 0.15) is 162 Å². The topological polar surface area (TPSA) is 69.6 Å². The molecule has 0 radical (unpaired) electrons. The number of aliphatic hydroxyl groups is 2. The van der Waals surface area contributed by atoms with Crippen LogP contribution in [0.25, 0.3) is 0 Å². The minimum absolute atomic E-state index is 0.0651. The van der Waals surface area contributed by atoms with Gasteiger partial charge in [-0.05, 0) is 77.0 Å². The van der Waals surface area contributed by atoms with E-state index in [1.165, 1.54) is 38.5 Å². The van der Waals surface area contributed by atoms with Crippen LogP contribution in [-0.4, -0.2) is 34.9 Å². The average Bonchev–Trinajstić information content (AvgIpc) is 3.10. The maximum Gasteiger partial charge on any atom is 0.220 e. The maximum atomic E-state index is 12.3. The molecule has 0 fully saturated rings. The first-order valence-electron chi connectivity index (χ1n) is 19.9. The molecule has 3 N–H and O–H groups in total. The van der Waals surface area contributed by atoms with Crippen molar-refractivity contribution in [2.45, 2.75) is 174 Å². The van der Waals surface area contributed by atoms with Gasteiger partial charge in [-0.2, -0.15) is 0 Å². The lowest BCUT2D eigenvalue weighted by Crippen LogP contribution is -2.45. The lowest BCUT2D eigenvalue weighted by Gasteiger charge is -2.22. The number of hydrogen-bond acceptors (Lipinski definition) is 3. The Morgan fingerprint density at radius 1 is 0.510 bits per heavy atom. The normalized spacial score (nSPS) is 14.1. The molecule has 0 heterocycles. The molecule has 0 aromatic heterocycles. The van der Waals surface area contributed by atoms with E-state index in [-0.39, 0.29) is 12.5 Å². The van der Waals surface area contributed by atoms with E-state index in [4.69, 9.17) is 0 Å².